The maximum atomic E-state index is 5.13. The molecule has 96 valence electrons. The van der Waals surface area contributed by atoms with Crippen molar-refractivity contribution in [2.24, 2.45) is 0 Å². The number of methoxy groups -OCH3 is 1. The van der Waals surface area contributed by atoms with Gasteiger partial charge in [0, 0.05) is 26.2 Å². The Morgan fingerprint density at radius 2 is 2.00 bits per heavy atom. The van der Waals surface area contributed by atoms with E-state index in [0.717, 1.165) is 13.1 Å². The van der Waals surface area contributed by atoms with E-state index in [-0.39, 0.29) is 0 Å². The van der Waals surface area contributed by atoms with E-state index in [1.54, 1.807) is 7.11 Å². The Labute approximate surface area is 105 Å². The zero-order valence-corrected chi connectivity index (χ0v) is 11.4. The molecule has 0 aliphatic heterocycles. The molecule has 1 N–H and O–H groups in total. The van der Waals surface area contributed by atoms with Crippen molar-refractivity contribution in [3.05, 3.63) is 35.4 Å². The van der Waals surface area contributed by atoms with E-state index in [1.165, 1.54) is 11.1 Å². The molecule has 1 aromatic carbocycles. The number of hydrogen-bond donors (Lipinski definition) is 1. The minimum absolute atomic E-state index is 0.496. The van der Waals surface area contributed by atoms with Gasteiger partial charge in [-0.1, -0.05) is 24.3 Å². The lowest BCUT2D eigenvalue weighted by molar-refractivity contribution is 0.185. The molecule has 1 unspecified atom stereocenters. The fourth-order valence-corrected chi connectivity index (χ4v) is 1.90. The van der Waals surface area contributed by atoms with E-state index in [0.29, 0.717) is 12.6 Å². The third-order valence-corrected chi connectivity index (χ3v) is 2.60. The maximum absolute atomic E-state index is 5.13. The summed E-state index contributed by atoms with van der Waals surface area (Å²) in [6.45, 7) is 4.85. The second kappa shape index (κ2) is 7.43. The molecule has 0 aliphatic carbocycles. The van der Waals surface area contributed by atoms with E-state index >= 15 is 0 Å². The zero-order valence-electron chi connectivity index (χ0n) is 11.4. The SMILES string of the molecule is COCc1cccc(CNC(C)CN(C)C)c1. The first-order chi connectivity index (χ1) is 8.11. The highest BCUT2D eigenvalue weighted by molar-refractivity contribution is 5.22. The van der Waals surface area contributed by atoms with Crippen LogP contribution in [0.3, 0.4) is 0 Å². The molecular formula is C14H24N2O. The summed E-state index contributed by atoms with van der Waals surface area (Å²) >= 11 is 0. The first-order valence-corrected chi connectivity index (χ1v) is 6.06. The Bertz CT molecular complexity index is 326. The predicted molar refractivity (Wildman–Crippen MR) is 72.0 cm³/mol. The third-order valence-electron chi connectivity index (χ3n) is 2.60. The molecule has 0 radical (unpaired) electrons. The summed E-state index contributed by atoms with van der Waals surface area (Å²) in [5.41, 5.74) is 2.54. The van der Waals surface area contributed by atoms with Crippen LogP contribution in [0.25, 0.3) is 0 Å². The maximum Gasteiger partial charge on any atom is 0.0713 e. The smallest absolute Gasteiger partial charge is 0.0713 e. The quantitative estimate of drug-likeness (QED) is 0.782. The van der Waals surface area contributed by atoms with Crippen LogP contribution in [0.4, 0.5) is 0 Å². The van der Waals surface area contributed by atoms with Crippen molar-refractivity contribution in [1.29, 1.82) is 0 Å². The van der Waals surface area contributed by atoms with Crippen LogP contribution >= 0.6 is 0 Å². The van der Waals surface area contributed by atoms with Crippen molar-refractivity contribution in [1.82, 2.24) is 10.2 Å². The van der Waals surface area contributed by atoms with Crippen molar-refractivity contribution in [3.8, 4) is 0 Å². The standard InChI is InChI=1S/C14H24N2O/c1-12(10-16(2)3)15-9-13-6-5-7-14(8-13)11-17-4/h5-8,12,15H,9-11H2,1-4H3. The van der Waals surface area contributed by atoms with Gasteiger partial charge in [-0.3, -0.25) is 0 Å². The summed E-state index contributed by atoms with van der Waals surface area (Å²) in [6.07, 6.45) is 0. The second-order valence-corrected chi connectivity index (χ2v) is 4.80. The molecule has 0 fully saturated rings. The van der Waals surface area contributed by atoms with Gasteiger partial charge in [-0.2, -0.15) is 0 Å². The summed E-state index contributed by atoms with van der Waals surface area (Å²) in [6, 6.07) is 9.02. The molecule has 0 spiro atoms. The summed E-state index contributed by atoms with van der Waals surface area (Å²) in [5, 5.41) is 3.52. The minimum atomic E-state index is 0.496. The minimum Gasteiger partial charge on any atom is -0.380 e. The molecular weight excluding hydrogens is 212 g/mol. The first kappa shape index (κ1) is 14.2. The lowest BCUT2D eigenvalue weighted by Gasteiger charge is -2.18. The molecule has 0 bridgehead atoms. The monoisotopic (exact) mass is 236 g/mol. The third kappa shape index (κ3) is 5.82. The van der Waals surface area contributed by atoms with Gasteiger partial charge in [0.1, 0.15) is 0 Å². The van der Waals surface area contributed by atoms with Gasteiger partial charge in [0.05, 0.1) is 6.61 Å². The molecule has 1 atom stereocenters. The fraction of sp³-hybridized carbons (Fsp3) is 0.571. The van der Waals surface area contributed by atoms with Gasteiger partial charge in [-0.15, -0.1) is 0 Å². The van der Waals surface area contributed by atoms with Gasteiger partial charge >= 0.3 is 0 Å². The highest BCUT2D eigenvalue weighted by Crippen LogP contribution is 2.06. The largest absolute Gasteiger partial charge is 0.380 e. The van der Waals surface area contributed by atoms with Crippen LogP contribution in [0.2, 0.25) is 0 Å². The highest BCUT2D eigenvalue weighted by atomic mass is 16.5. The Kier molecular flexibility index (Phi) is 6.19. The van der Waals surface area contributed by atoms with Gasteiger partial charge in [0.25, 0.3) is 0 Å². The normalized spacial score (nSPS) is 13.0. The molecule has 0 saturated heterocycles. The molecule has 0 aromatic heterocycles. The van der Waals surface area contributed by atoms with Crippen LogP contribution < -0.4 is 5.32 Å². The molecule has 3 nitrogen and oxygen atoms in total. The van der Waals surface area contributed by atoms with Crippen molar-refractivity contribution in [3.63, 3.8) is 0 Å². The Morgan fingerprint density at radius 3 is 2.65 bits per heavy atom. The number of hydrogen-bond acceptors (Lipinski definition) is 3. The lowest BCUT2D eigenvalue weighted by Crippen LogP contribution is -2.35. The molecule has 0 aliphatic rings. The van der Waals surface area contributed by atoms with Gasteiger partial charge in [-0.25, -0.2) is 0 Å². The lowest BCUT2D eigenvalue weighted by atomic mass is 10.1. The van der Waals surface area contributed by atoms with Crippen LogP contribution in [-0.2, 0) is 17.9 Å². The number of benzene rings is 1. The molecule has 1 rings (SSSR count). The molecule has 0 saturated carbocycles. The van der Waals surface area contributed by atoms with Crippen LogP contribution in [0.5, 0.6) is 0 Å². The number of rotatable bonds is 7. The highest BCUT2D eigenvalue weighted by Gasteiger charge is 2.03. The zero-order chi connectivity index (χ0) is 12.7. The topological polar surface area (TPSA) is 24.5 Å². The number of ether oxygens (including phenoxy) is 1. The van der Waals surface area contributed by atoms with Gasteiger partial charge in [0.2, 0.25) is 0 Å². The average Bonchev–Trinajstić information content (AvgIpc) is 2.26. The van der Waals surface area contributed by atoms with Gasteiger partial charge in [0.15, 0.2) is 0 Å². The van der Waals surface area contributed by atoms with Crippen LogP contribution in [0.1, 0.15) is 18.1 Å². The van der Waals surface area contributed by atoms with Crippen LogP contribution in [0, 0.1) is 0 Å². The summed E-state index contributed by atoms with van der Waals surface area (Å²) in [5.74, 6) is 0. The summed E-state index contributed by atoms with van der Waals surface area (Å²) < 4.78 is 5.13. The Morgan fingerprint density at radius 1 is 1.29 bits per heavy atom. The Hall–Kier alpha value is -0.900. The average molecular weight is 236 g/mol. The van der Waals surface area contributed by atoms with Crippen molar-refractivity contribution < 1.29 is 4.74 Å². The van der Waals surface area contributed by atoms with Crippen molar-refractivity contribution in [2.75, 3.05) is 27.7 Å². The van der Waals surface area contributed by atoms with E-state index in [4.69, 9.17) is 4.74 Å². The molecule has 17 heavy (non-hydrogen) atoms. The number of nitrogens with zero attached hydrogens (tertiary/aromatic N) is 1. The Balaban J connectivity index is 2.43. The molecule has 1 aromatic rings. The van der Waals surface area contributed by atoms with E-state index < -0.39 is 0 Å². The van der Waals surface area contributed by atoms with E-state index in [9.17, 15) is 0 Å². The van der Waals surface area contributed by atoms with Gasteiger partial charge in [-0.05, 0) is 32.1 Å². The first-order valence-electron chi connectivity index (χ1n) is 6.06. The van der Waals surface area contributed by atoms with E-state index in [2.05, 4.69) is 55.5 Å². The number of nitrogens with one attached hydrogen (secondary N) is 1. The van der Waals surface area contributed by atoms with Crippen molar-refractivity contribution in [2.45, 2.75) is 26.1 Å². The van der Waals surface area contributed by atoms with Gasteiger partial charge < -0.3 is 15.0 Å². The predicted octanol–water partition coefficient (Wildman–Crippen LogP) is 1.87. The fourth-order valence-electron chi connectivity index (χ4n) is 1.90. The molecule has 0 amide bonds. The molecule has 0 heterocycles. The van der Waals surface area contributed by atoms with Crippen molar-refractivity contribution >= 4 is 0 Å². The van der Waals surface area contributed by atoms with Crippen LogP contribution in [-0.4, -0.2) is 38.7 Å². The number of likely N-dealkylation sites (N-methyl/N-ethyl adjacent to an activating group) is 1. The molecule has 3 heteroatoms. The summed E-state index contributed by atoms with van der Waals surface area (Å²) in [7, 11) is 5.92. The summed E-state index contributed by atoms with van der Waals surface area (Å²) in [4.78, 5) is 2.19. The van der Waals surface area contributed by atoms with Crippen LogP contribution in [0.15, 0.2) is 24.3 Å². The van der Waals surface area contributed by atoms with E-state index in [1.807, 2.05) is 0 Å². The second-order valence-electron chi connectivity index (χ2n) is 4.80.